The van der Waals surface area contributed by atoms with Gasteiger partial charge in [-0.3, -0.25) is 14.8 Å². The highest BCUT2D eigenvalue weighted by molar-refractivity contribution is 5.76. The van der Waals surface area contributed by atoms with Crippen LogP contribution in [-0.4, -0.2) is 16.3 Å². The molecule has 3 nitrogen and oxygen atoms in total. The second-order valence-electron chi connectivity index (χ2n) is 3.28. The number of nitrogens with zero attached hydrogens (tertiary/aromatic N) is 2. The van der Waals surface area contributed by atoms with Crippen molar-refractivity contribution in [1.29, 1.82) is 0 Å². The molecule has 2 aromatic heterocycles. The van der Waals surface area contributed by atoms with Crippen LogP contribution in [0.25, 0.3) is 11.1 Å². The Bertz CT molecular complexity index is 480. The normalized spacial score (nSPS) is 9.93. The predicted molar refractivity (Wildman–Crippen MR) is 57.6 cm³/mol. The molecule has 0 radical (unpaired) electrons. The van der Waals surface area contributed by atoms with Gasteiger partial charge >= 0.3 is 0 Å². The second-order valence-corrected chi connectivity index (χ2v) is 3.28. The Labute approximate surface area is 87.8 Å². The van der Waals surface area contributed by atoms with Gasteiger partial charge in [-0.05, 0) is 36.2 Å². The summed E-state index contributed by atoms with van der Waals surface area (Å²) >= 11 is 0. The lowest BCUT2D eigenvalue weighted by Crippen LogP contribution is -1.92. The van der Waals surface area contributed by atoms with Crippen molar-refractivity contribution in [3.63, 3.8) is 0 Å². The van der Waals surface area contributed by atoms with Gasteiger partial charge in [-0.1, -0.05) is 0 Å². The van der Waals surface area contributed by atoms with E-state index in [-0.39, 0.29) is 0 Å². The molecule has 0 aliphatic carbocycles. The molecule has 0 atom stereocenters. The summed E-state index contributed by atoms with van der Waals surface area (Å²) in [6, 6.07) is 5.78. The SMILES string of the molecule is Cc1cc(-c2ccncc2)cnc1C=O. The summed E-state index contributed by atoms with van der Waals surface area (Å²) < 4.78 is 0. The smallest absolute Gasteiger partial charge is 0.168 e. The molecule has 2 aromatic rings. The molecule has 15 heavy (non-hydrogen) atoms. The fourth-order valence-electron chi connectivity index (χ4n) is 1.41. The highest BCUT2D eigenvalue weighted by Crippen LogP contribution is 2.18. The lowest BCUT2D eigenvalue weighted by atomic mass is 10.1. The Morgan fingerprint density at radius 3 is 2.53 bits per heavy atom. The van der Waals surface area contributed by atoms with Crippen LogP contribution in [0.15, 0.2) is 36.8 Å². The summed E-state index contributed by atoms with van der Waals surface area (Å²) in [4.78, 5) is 18.6. The van der Waals surface area contributed by atoms with Crippen LogP contribution in [-0.2, 0) is 0 Å². The molecule has 3 heteroatoms. The molecule has 2 heterocycles. The van der Waals surface area contributed by atoms with Crippen molar-refractivity contribution < 1.29 is 4.79 Å². The minimum atomic E-state index is 0.493. The Hall–Kier alpha value is -2.03. The third-order valence-corrected chi connectivity index (χ3v) is 2.24. The summed E-state index contributed by atoms with van der Waals surface area (Å²) in [5.41, 5.74) is 3.44. The van der Waals surface area contributed by atoms with Gasteiger partial charge in [0.05, 0.1) is 0 Å². The number of aryl methyl sites for hydroxylation is 1. The van der Waals surface area contributed by atoms with Crippen LogP contribution in [0, 0.1) is 6.92 Å². The third-order valence-electron chi connectivity index (χ3n) is 2.24. The van der Waals surface area contributed by atoms with Gasteiger partial charge in [0.25, 0.3) is 0 Å². The number of aldehydes is 1. The molecule has 0 spiro atoms. The van der Waals surface area contributed by atoms with E-state index in [2.05, 4.69) is 9.97 Å². The maximum absolute atomic E-state index is 10.6. The average Bonchev–Trinajstić information content (AvgIpc) is 2.30. The first-order chi connectivity index (χ1) is 7.31. The van der Waals surface area contributed by atoms with E-state index >= 15 is 0 Å². The first-order valence-corrected chi connectivity index (χ1v) is 4.63. The van der Waals surface area contributed by atoms with Gasteiger partial charge in [0.1, 0.15) is 5.69 Å². The van der Waals surface area contributed by atoms with E-state index in [1.165, 1.54) is 0 Å². The van der Waals surface area contributed by atoms with E-state index in [1.807, 2.05) is 25.1 Å². The molecular formula is C12H10N2O. The summed E-state index contributed by atoms with van der Waals surface area (Å²) in [7, 11) is 0. The van der Waals surface area contributed by atoms with Gasteiger partial charge in [-0.15, -0.1) is 0 Å². The fourth-order valence-corrected chi connectivity index (χ4v) is 1.41. The van der Waals surface area contributed by atoms with Crippen LogP contribution in [0.1, 0.15) is 16.1 Å². The van der Waals surface area contributed by atoms with Crippen molar-refractivity contribution in [1.82, 2.24) is 9.97 Å². The molecule has 0 bridgehead atoms. The molecule has 0 aliphatic heterocycles. The molecule has 0 fully saturated rings. The average molecular weight is 198 g/mol. The van der Waals surface area contributed by atoms with E-state index in [4.69, 9.17) is 0 Å². The highest BCUT2D eigenvalue weighted by Gasteiger charge is 2.02. The van der Waals surface area contributed by atoms with Gasteiger partial charge < -0.3 is 0 Å². The van der Waals surface area contributed by atoms with Crippen molar-refractivity contribution in [3.8, 4) is 11.1 Å². The van der Waals surface area contributed by atoms with E-state index in [0.29, 0.717) is 5.69 Å². The Morgan fingerprint density at radius 1 is 1.20 bits per heavy atom. The topological polar surface area (TPSA) is 42.9 Å². The largest absolute Gasteiger partial charge is 0.296 e. The standard InChI is InChI=1S/C12H10N2O/c1-9-6-11(7-14-12(9)8-15)10-2-4-13-5-3-10/h2-8H,1H3. The Balaban J connectivity index is 2.47. The predicted octanol–water partition coefficient (Wildman–Crippen LogP) is 2.26. The zero-order valence-corrected chi connectivity index (χ0v) is 8.34. The van der Waals surface area contributed by atoms with E-state index < -0.39 is 0 Å². The van der Waals surface area contributed by atoms with Crippen molar-refractivity contribution in [2.75, 3.05) is 0 Å². The van der Waals surface area contributed by atoms with Crippen molar-refractivity contribution in [3.05, 3.63) is 48.0 Å². The zero-order valence-electron chi connectivity index (χ0n) is 8.34. The quantitative estimate of drug-likeness (QED) is 0.695. The molecule has 0 amide bonds. The summed E-state index contributed by atoms with van der Waals surface area (Å²) in [6.07, 6.45) is 5.94. The van der Waals surface area contributed by atoms with E-state index in [9.17, 15) is 4.79 Å². The molecule has 0 unspecified atom stereocenters. The van der Waals surface area contributed by atoms with Gasteiger partial charge in [0.2, 0.25) is 0 Å². The second kappa shape index (κ2) is 4.00. The number of carbonyl (C=O) groups is 1. The van der Waals surface area contributed by atoms with Crippen LogP contribution in [0.2, 0.25) is 0 Å². The first kappa shape index (κ1) is 9.52. The maximum Gasteiger partial charge on any atom is 0.168 e. The van der Waals surface area contributed by atoms with Gasteiger partial charge in [0.15, 0.2) is 6.29 Å². The van der Waals surface area contributed by atoms with Gasteiger partial charge in [0, 0.05) is 24.2 Å². The zero-order chi connectivity index (χ0) is 10.7. The Morgan fingerprint density at radius 2 is 1.93 bits per heavy atom. The lowest BCUT2D eigenvalue weighted by molar-refractivity contribution is 0.111. The summed E-state index contributed by atoms with van der Waals surface area (Å²) in [5, 5.41) is 0. The third kappa shape index (κ3) is 1.91. The molecule has 0 saturated heterocycles. The minimum Gasteiger partial charge on any atom is -0.296 e. The van der Waals surface area contributed by atoms with E-state index in [0.717, 1.165) is 23.0 Å². The van der Waals surface area contributed by atoms with Crippen LogP contribution in [0.3, 0.4) is 0 Å². The summed E-state index contributed by atoms with van der Waals surface area (Å²) in [5.74, 6) is 0. The highest BCUT2D eigenvalue weighted by atomic mass is 16.1. The number of aromatic nitrogens is 2. The van der Waals surface area contributed by atoms with Gasteiger partial charge in [-0.25, -0.2) is 0 Å². The number of pyridine rings is 2. The number of hydrogen-bond acceptors (Lipinski definition) is 3. The number of rotatable bonds is 2. The van der Waals surface area contributed by atoms with Crippen LogP contribution in [0.5, 0.6) is 0 Å². The summed E-state index contributed by atoms with van der Waals surface area (Å²) in [6.45, 7) is 1.88. The maximum atomic E-state index is 10.6. The molecular weight excluding hydrogens is 188 g/mol. The molecule has 0 aliphatic rings. The fraction of sp³-hybridized carbons (Fsp3) is 0.0833. The van der Waals surface area contributed by atoms with Crippen molar-refractivity contribution in [2.24, 2.45) is 0 Å². The number of hydrogen-bond donors (Lipinski definition) is 0. The van der Waals surface area contributed by atoms with Crippen molar-refractivity contribution in [2.45, 2.75) is 6.92 Å². The van der Waals surface area contributed by atoms with Crippen molar-refractivity contribution >= 4 is 6.29 Å². The molecule has 2 rings (SSSR count). The number of carbonyl (C=O) groups excluding carboxylic acids is 1. The van der Waals surface area contributed by atoms with E-state index in [1.54, 1.807) is 18.6 Å². The van der Waals surface area contributed by atoms with Crippen LogP contribution >= 0.6 is 0 Å². The van der Waals surface area contributed by atoms with Gasteiger partial charge in [-0.2, -0.15) is 0 Å². The molecule has 0 saturated carbocycles. The minimum absolute atomic E-state index is 0.493. The molecule has 74 valence electrons. The molecule has 0 aromatic carbocycles. The molecule has 0 N–H and O–H groups in total. The lowest BCUT2D eigenvalue weighted by Gasteiger charge is -2.03. The monoisotopic (exact) mass is 198 g/mol. The first-order valence-electron chi connectivity index (χ1n) is 4.63. The van der Waals surface area contributed by atoms with Crippen LogP contribution in [0.4, 0.5) is 0 Å². The Kier molecular flexibility index (Phi) is 2.54. The van der Waals surface area contributed by atoms with Crippen LogP contribution < -0.4 is 0 Å².